The quantitative estimate of drug-likeness (QED) is 0.743. The molecule has 0 bridgehead atoms. The van der Waals surface area contributed by atoms with Crippen molar-refractivity contribution in [2.45, 2.75) is 57.7 Å². The van der Waals surface area contributed by atoms with E-state index in [4.69, 9.17) is 0 Å². The van der Waals surface area contributed by atoms with Gasteiger partial charge in [-0.1, -0.05) is 36.7 Å². The minimum atomic E-state index is 0.458. The van der Waals surface area contributed by atoms with E-state index in [9.17, 15) is 0 Å². The summed E-state index contributed by atoms with van der Waals surface area (Å²) in [6.07, 6.45) is 10.7. The summed E-state index contributed by atoms with van der Waals surface area (Å²) in [5.74, 6) is 1.69. The highest BCUT2D eigenvalue weighted by Gasteiger charge is 2.34. The summed E-state index contributed by atoms with van der Waals surface area (Å²) in [6, 6.07) is 0. The molecule has 108 valence electrons. The summed E-state index contributed by atoms with van der Waals surface area (Å²) >= 11 is 3.91. The zero-order chi connectivity index (χ0) is 14.0. The Labute approximate surface area is 126 Å². The van der Waals surface area contributed by atoms with Gasteiger partial charge in [0, 0.05) is 18.1 Å². The molecule has 0 spiro atoms. The van der Waals surface area contributed by atoms with Crippen LogP contribution in [-0.2, 0) is 13.5 Å². The highest BCUT2D eigenvalue weighted by atomic mass is 79.9. The van der Waals surface area contributed by atoms with Gasteiger partial charge >= 0.3 is 0 Å². The molecule has 19 heavy (non-hydrogen) atoms. The van der Waals surface area contributed by atoms with Gasteiger partial charge < -0.3 is 0 Å². The highest BCUT2D eigenvalue weighted by Crippen LogP contribution is 2.43. The van der Waals surface area contributed by atoms with Crippen molar-refractivity contribution in [2.75, 3.05) is 0 Å². The van der Waals surface area contributed by atoms with Crippen LogP contribution in [0.5, 0.6) is 0 Å². The Morgan fingerprint density at radius 1 is 1.37 bits per heavy atom. The summed E-state index contributed by atoms with van der Waals surface area (Å²) < 4.78 is 1.90. The third-order valence-corrected chi connectivity index (χ3v) is 5.88. The van der Waals surface area contributed by atoms with Gasteiger partial charge in [0.15, 0.2) is 0 Å². The summed E-state index contributed by atoms with van der Waals surface area (Å²) in [5.41, 5.74) is 1.83. The molecule has 3 atom stereocenters. The Kier molecular flexibility index (Phi) is 4.75. The zero-order valence-electron chi connectivity index (χ0n) is 12.7. The summed E-state index contributed by atoms with van der Waals surface area (Å²) in [7, 11) is 1.99. The van der Waals surface area contributed by atoms with E-state index in [1.54, 1.807) is 0 Å². The Balaban J connectivity index is 1.90. The van der Waals surface area contributed by atoms with Crippen LogP contribution in [0.3, 0.4) is 0 Å². The second kappa shape index (κ2) is 5.99. The Morgan fingerprint density at radius 3 is 2.68 bits per heavy atom. The largest absolute Gasteiger partial charge is 0.276 e. The summed E-state index contributed by atoms with van der Waals surface area (Å²) in [5, 5.41) is 4.26. The van der Waals surface area contributed by atoms with Gasteiger partial charge in [0.2, 0.25) is 0 Å². The van der Waals surface area contributed by atoms with Gasteiger partial charge in [-0.05, 0) is 54.9 Å². The van der Waals surface area contributed by atoms with Crippen LogP contribution in [-0.4, -0.2) is 14.6 Å². The molecule has 1 fully saturated rings. The van der Waals surface area contributed by atoms with Crippen molar-refractivity contribution in [2.24, 2.45) is 24.3 Å². The van der Waals surface area contributed by atoms with Gasteiger partial charge in [-0.3, -0.25) is 4.68 Å². The number of halogens is 1. The molecule has 2 rings (SSSR count). The van der Waals surface area contributed by atoms with Crippen LogP contribution in [0.1, 0.15) is 52.0 Å². The lowest BCUT2D eigenvalue weighted by Crippen LogP contribution is -2.32. The lowest BCUT2D eigenvalue weighted by molar-refractivity contribution is 0.143. The summed E-state index contributed by atoms with van der Waals surface area (Å²) in [4.78, 5) is 0.711. The van der Waals surface area contributed by atoms with Gasteiger partial charge in [0.05, 0.1) is 6.20 Å². The van der Waals surface area contributed by atoms with Crippen molar-refractivity contribution < 1.29 is 0 Å². The number of rotatable bonds is 3. The zero-order valence-corrected chi connectivity index (χ0v) is 14.3. The normalized spacial score (nSPS) is 28.6. The van der Waals surface area contributed by atoms with Crippen LogP contribution in [0.4, 0.5) is 0 Å². The Morgan fingerprint density at radius 2 is 2.11 bits per heavy atom. The fourth-order valence-electron chi connectivity index (χ4n) is 3.27. The molecule has 3 unspecified atom stereocenters. The molecule has 3 heteroatoms. The smallest absolute Gasteiger partial charge is 0.0521 e. The first-order valence-electron chi connectivity index (χ1n) is 7.48. The molecule has 0 saturated heterocycles. The molecule has 1 aliphatic carbocycles. The van der Waals surface area contributed by atoms with Crippen molar-refractivity contribution >= 4 is 15.9 Å². The molecule has 0 N–H and O–H groups in total. The minimum absolute atomic E-state index is 0.458. The van der Waals surface area contributed by atoms with Gasteiger partial charge in [-0.25, -0.2) is 0 Å². The van der Waals surface area contributed by atoms with E-state index in [2.05, 4.69) is 48.0 Å². The summed E-state index contributed by atoms with van der Waals surface area (Å²) in [6.45, 7) is 7.18. The van der Waals surface area contributed by atoms with E-state index >= 15 is 0 Å². The number of hydrogen-bond donors (Lipinski definition) is 0. The Hall–Kier alpha value is -0.310. The van der Waals surface area contributed by atoms with E-state index in [1.165, 1.54) is 31.2 Å². The van der Waals surface area contributed by atoms with E-state index in [0.717, 1.165) is 18.3 Å². The van der Waals surface area contributed by atoms with Crippen LogP contribution >= 0.6 is 15.9 Å². The molecule has 0 radical (unpaired) electrons. The number of hydrogen-bond acceptors (Lipinski definition) is 1. The lowest BCUT2D eigenvalue weighted by Gasteiger charge is -2.40. The first kappa shape index (κ1) is 15.1. The topological polar surface area (TPSA) is 17.8 Å². The maximum atomic E-state index is 4.26. The van der Waals surface area contributed by atoms with Gasteiger partial charge in [-0.2, -0.15) is 5.10 Å². The molecule has 1 saturated carbocycles. The molecular weight excluding hydrogens is 300 g/mol. The van der Waals surface area contributed by atoms with Crippen LogP contribution in [0, 0.1) is 17.3 Å². The van der Waals surface area contributed by atoms with Crippen LogP contribution in [0.2, 0.25) is 0 Å². The molecule has 1 aromatic rings. The second-order valence-electron chi connectivity index (χ2n) is 7.21. The van der Waals surface area contributed by atoms with E-state index < -0.39 is 0 Å². The van der Waals surface area contributed by atoms with Crippen molar-refractivity contribution in [3.63, 3.8) is 0 Å². The SMILES string of the molecule is Cn1cc(CCC2CC(C(C)(C)C)CCC2Br)cn1. The molecule has 1 aliphatic rings. The first-order chi connectivity index (χ1) is 8.86. The standard InChI is InChI=1S/C16H27BrN2/c1-16(2,3)14-7-8-15(17)13(9-14)6-5-12-10-18-19(4)11-12/h10-11,13-15H,5-9H2,1-4H3. The number of alkyl halides is 1. The molecule has 1 heterocycles. The predicted molar refractivity (Wildman–Crippen MR) is 84.5 cm³/mol. The average Bonchev–Trinajstić information content (AvgIpc) is 2.72. The Bertz CT molecular complexity index is 405. The molecular formula is C16H27BrN2. The number of aromatic nitrogens is 2. The maximum absolute atomic E-state index is 4.26. The maximum Gasteiger partial charge on any atom is 0.0521 e. The van der Waals surface area contributed by atoms with Crippen molar-refractivity contribution in [3.05, 3.63) is 18.0 Å². The van der Waals surface area contributed by atoms with Crippen molar-refractivity contribution in [1.29, 1.82) is 0 Å². The first-order valence-corrected chi connectivity index (χ1v) is 8.39. The highest BCUT2D eigenvalue weighted by molar-refractivity contribution is 9.09. The molecule has 1 aromatic heterocycles. The second-order valence-corrected chi connectivity index (χ2v) is 8.39. The van der Waals surface area contributed by atoms with Crippen molar-refractivity contribution in [3.8, 4) is 0 Å². The predicted octanol–water partition coefficient (Wildman–Crippen LogP) is 4.58. The van der Waals surface area contributed by atoms with Crippen LogP contribution in [0.25, 0.3) is 0 Å². The van der Waals surface area contributed by atoms with E-state index in [0.29, 0.717) is 10.2 Å². The molecule has 0 aromatic carbocycles. The third kappa shape index (κ3) is 4.08. The average molecular weight is 327 g/mol. The van der Waals surface area contributed by atoms with Crippen molar-refractivity contribution in [1.82, 2.24) is 9.78 Å². The number of nitrogens with zero attached hydrogens (tertiary/aromatic N) is 2. The van der Waals surface area contributed by atoms with Gasteiger partial charge in [0.1, 0.15) is 0 Å². The fourth-order valence-corrected chi connectivity index (χ4v) is 4.01. The third-order valence-electron chi connectivity index (χ3n) is 4.68. The van der Waals surface area contributed by atoms with E-state index in [-0.39, 0.29) is 0 Å². The van der Waals surface area contributed by atoms with Crippen LogP contribution < -0.4 is 0 Å². The van der Waals surface area contributed by atoms with E-state index in [1.807, 2.05) is 17.9 Å². The molecule has 0 aliphatic heterocycles. The lowest BCUT2D eigenvalue weighted by atomic mass is 9.68. The monoisotopic (exact) mass is 326 g/mol. The minimum Gasteiger partial charge on any atom is -0.276 e. The van der Waals surface area contributed by atoms with Crippen LogP contribution in [0.15, 0.2) is 12.4 Å². The van der Waals surface area contributed by atoms with Gasteiger partial charge in [0.25, 0.3) is 0 Å². The molecule has 2 nitrogen and oxygen atoms in total. The molecule has 0 amide bonds. The number of aryl methyl sites for hydroxylation is 2. The van der Waals surface area contributed by atoms with Gasteiger partial charge in [-0.15, -0.1) is 0 Å². The fraction of sp³-hybridized carbons (Fsp3) is 0.812.